The van der Waals surface area contributed by atoms with Crippen molar-refractivity contribution >= 4 is 17.5 Å². The number of fused-ring (bicyclic) bond motifs is 2. The maximum absolute atomic E-state index is 14.3. The largest absolute Gasteiger partial charge is 0.496 e. The summed E-state index contributed by atoms with van der Waals surface area (Å²) in [5.74, 6) is 0.950. The molecule has 2 amide bonds. The van der Waals surface area contributed by atoms with Crippen LogP contribution in [0, 0.1) is 29.1 Å². The zero-order valence-corrected chi connectivity index (χ0v) is 34.9. The highest BCUT2D eigenvalue weighted by molar-refractivity contribution is 5.97. The van der Waals surface area contributed by atoms with E-state index in [0.29, 0.717) is 35.6 Å². The molecule has 4 aromatic carbocycles. The number of hydrogen-bond acceptors (Lipinski definition) is 8. The molecule has 3 saturated carbocycles. The second-order valence-corrected chi connectivity index (χ2v) is 17.5. The predicted molar refractivity (Wildman–Crippen MR) is 227 cm³/mol. The van der Waals surface area contributed by atoms with Crippen LogP contribution in [0.2, 0.25) is 0 Å². The lowest BCUT2D eigenvalue weighted by molar-refractivity contribution is -0.183. The summed E-state index contributed by atoms with van der Waals surface area (Å²) in [6.07, 6.45) is 0.457. The molecule has 1 aliphatic heterocycles. The molecule has 4 aromatic rings. The minimum absolute atomic E-state index is 0.0268. The third kappa shape index (κ3) is 8.12. The zero-order valence-electron chi connectivity index (χ0n) is 34.9. The molecule has 10 heteroatoms. The van der Waals surface area contributed by atoms with Crippen LogP contribution in [-0.2, 0) is 16.2 Å². The van der Waals surface area contributed by atoms with Crippen molar-refractivity contribution in [3.63, 3.8) is 0 Å². The average Bonchev–Trinajstić information content (AvgIpc) is 3.60. The third-order valence-corrected chi connectivity index (χ3v) is 13.6. The second-order valence-electron chi connectivity index (χ2n) is 17.5. The van der Waals surface area contributed by atoms with Gasteiger partial charge >= 0.3 is 0 Å². The molecule has 0 unspecified atom stereocenters. The summed E-state index contributed by atoms with van der Waals surface area (Å²) in [5, 5.41) is 29.6. The molecule has 1 heterocycles. The Morgan fingerprint density at radius 2 is 1.64 bits per heavy atom. The van der Waals surface area contributed by atoms with Gasteiger partial charge in [0.05, 0.1) is 26.4 Å². The van der Waals surface area contributed by atoms with Gasteiger partial charge in [-0.05, 0) is 77.8 Å². The Labute approximate surface area is 343 Å². The van der Waals surface area contributed by atoms with Crippen LogP contribution in [0.5, 0.6) is 5.75 Å². The first kappa shape index (κ1) is 41.4. The zero-order chi connectivity index (χ0) is 41.3. The Balaban J connectivity index is 1.16. The number of nitrogens with one attached hydrogen (secondary N) is 2. The van der Waals surface area contributed by atoms with Gasteiger partial charge in [0.15, 0.2) is 0 Å². The molecule has 8 atom stereocenters. The molecule has 1 saturated heterocycles. The number of ether oxygens (including phenoxy) is 1. The summed E-state index contributed by atoms with van der Waals surface area (Å²) in [4.78, 5) is 36.6. The van der Waals surface area contributed by atoms with Gasteiger partial charge in [-0.1, -0.05) is 99.6 Å². The number of aliphatic hydroxyl groups is 2. The highest BCUT2D eigenvalue weighted by atomic mass is 16.7. The minimum atomic E-state index is -0.906. The summed E-state index contributed by atoms with van der Waals surface area (Å²) in [6, 6.07) is 31.2. The first-order chi connectivity index (χ1) is 27.8. The Morgan fingerprint density at radius 1 is 0.966 bits per heavy atom. The Bertz CT molecular complexity index is 2020. The molecular formula is C48H60N4O6. The number of benzene rings is 4. The second kappa shape index (κ2) is 17.2. The number of para-hydroxylation sites is 1. The Morgan fingerprint density at radius 3 is 2.21 bits per heavy atom. The molecule has 8 rings (SSSR count). The van der Waals surface area contributed by atoms with E-state index < -0.39 is 24.2 Å². The molecule has 2 bridgehead atoms. The molecular weight excluding hydrogens is 729 g/mol. The molecule has 308 valence electrons. The average molecular weight is 789 g/mol. The van der Waals surface area contributed by atoms with Crippen LogP contribution in [0.4, 0.5) is 5.69 Å². The Kier molecular flexibility index (Phi) is 12.3. The summed E-state index contributed by atoms with van der Waals surface area (Å²) in [7, 11) is 5.50. The van der Waals surface area contributed by atoms with Crippen LogP contribution >= 0.6 is 0 Å². The monoisotopic (exact) mass is 788 g/mol. The van der Waals surface area contributed by atoms with E-state index in [1.165, 1.54) is 6.42 Å². The van der Waals surface area contributed by atoms with Gasteiger partial charge in [0.2, 0.25) is 5.91 Å². The fraction of sp³-hybridized carbons (Fsp3) is 0.458. The number of amides is 2. The van der Waals surface area contributed by atoms with Gasteiger partial charge in [-0.3, -0.25) is 14.4 Å². The SMILES string of the molecule is COc1c(CN2O[C@@H](CO)[C@@H]([C@H](C)O)[C@H]2C(=O)N[C@H]2C[C@H]3C[C@@H]([C@@H]2C)C3(C)C)cccc1-c1cc(C(=O)NCC(c2ccccc2)c2ccccc2)cc(N(C)C)c1. The highest BCUT2D eigenvalue weighted by Gasteiger charge is 2.57. The van der Waals surface area contributed by atoms with E-state index in [-0.39, 0.29) is 42.3 Å². The lowest BCUT2D eigenvalue weighted by atomic mass is 9.45. The molecule has 0 spiro atoms. The quantitative estimate of drug-likeness (QED) is 0.112. The van der Waals surface area contributed by atoms with Gasteiger partial charge in [-0.2, -0.15) is 5.06 Å². The van der Waals surface area contributed by atoms with Gasteiger partial charge < -0.3 is 30.5 Å². The normalized spacial score (nSPS) is 25.4. The topological polar surface area (TPSA) is 124 Å². The van der Waals surface area contributed by atoms with Crippen molar-refractivity contribution in [2.75, 3.05) is 39.3 Å². The van der Waals surface area contributed by atoms with E-state index >= 15 is 0 Å². The van der Waals surface area contributed by atoms with E-state index in [1.807, 2.05) is 91.8 Å². The summed E-state index contributed by atoms with van der Waals surface area (Å²) < 4.78 is 6.12. The molecule has 0 radical (unpaired) electrons. The lowest BCUT2D eigenvalue weighted by Gasteiger charge is -2.62. The summed E-state index contributed by atoms with van der Waals surface area (Å²) in [5.41, 5.74) is 6.19. The van der Waals surface area contributed by atoms with E-state index in [9.17, 15) is 19.8 Å². The van der Waals surface area contributed by atoms with Gasteiger partial charge in [-0.15, -0.1) is 0 Å². The molecule has 4 fully saturated rings. The third-order valence-electron chi connectivity index (χ3n) is 13.6. The van der Waals surface area contributed by atoms with Crippen LogP contribution in [0.25, 0.3) is 11.1 Å². The van der Waals surface area contributed by atoms with Crippen LogP contribution in [-0.4, -0.2) is 85.7 Å². The number of rotatable bonds is 14. The minimum Gasteiger partial charge on any atom is -0.496 e. The fourth-order valence-electron chi connectivity index (χ4n) is 10.1. The van der Waals surface area contributed by atoms with Crippen molar-refractivity contribution in [1.29, 1.82) is 0 Å². The highest BCUT2D eigenvalue weighted by Crippen LogP contribution is 2.61. The van der Waals surface area contributed by atoms with Gasteiger partial charge in [0.1, 0.15) is 17.9 Å². The maximum Gasteiger partial charge on any atom is 0.251 e. The molecule has 0 aromatic heterocycles. The van der Waals surface area contributed by atoms with Gasteiger partial charge in [0, 0.05) is 60.9 Å². The van der Waals surface area contributed by atoms with Crippen molar-refractivity contribution in [2.24, 2.45) is 29.1 Å². The van der Waals surface area contributed by atoms with E-state index in [2.05, 4.69) is 55.7 Å². The number of hydrogen-bond donors (Lipinski definition) is 4. The van der Waals surface area contributed by atoms with E-state index in [1.54, 1.807) is 19.1 Å². The van der Waals surface area contributed by atoms with Crippen molar-refractivity contribution in [3.05, 3.63) is 119 Å². The van der Waals surface area contributed by atoms with Crippen LogP contribution in [0.1, 0.15) is 73.5 Å². The van der Waals surface area contributed by atoms with Gasteiger partial charge in [0.25, 0.3) is 5.91 Å². The predicted octanol–water partition coefficient (Wildman–Crippen LogP) is 6.65. The van der Waals surface area contributed by atoms with Crippen LogP contribution in [0.15, 0.2) is 97.1 Å². The standard InChI is InChI=1S/C48H60N4O6/c1-29-40-24-36(48(40,3)4)25-41(29)50-47(56)44-43(30(2)54)42(28-53)58-52(44)27-33-19-14-20-38(45(33)57-7)34-21-35(23-37(22-34)51(5)6)46(55)49-26-39(31-15-10-8-11-16-31)32-17-12-9-13-18-32/h8-23,29-30,36,39-44,53-54H,24-28H2,1-7H3,(H,49,55)(H,50,56)/t29-,30-,36+,40-,41-,42-,43+,44-/m0/s1. The molecule has 3 aliphatic carbocycles. The number of carbonyl (C=O) groups excluding carboxylic acids is 2. The van der Waals surface area contributed by atoms with Gasteiger partial charge in [-0.25, -0.2) is 0 Å². The fourth-order valence-corrected chi connectivity index (χ4v) is 10.1. The van der Waals surface area contributed by atoms with E-state index in [4.69, 9.17) is 9.57 Å². The van der Waals surface area contributed by atoms with Crippen molar-refractivity contribution < 1.29 is 29.4 Å². The molecule has 4 N–H and O–H groups in total. The number of anilines is 1. The van der Waals surface area contributed by atoms with E-state index in [0.717, 1.165) is 39.9 Å². The lowest BCUT2D eigenvalue weighted by Crippen LogP contribution is -2.62. The maximum atomic E-state index is 14.3. The smallest absolute Gasteiger partial charge is 0.251 e. The number of nitrogens with zero attached hydrogens (tertiary/aromatic N) is 2. The Hall–Kier alpha value is -4.74. The van der Waals surface area contributed by atoms with Crippen LogP contribution < -0.4 is 20.3 Å². The first-order valence-electron chi connectivity index (χ1n) is 20.7. The number of methoxy groups -OCH3 is 1. The number of carbonyl (C=O) groups is 2. The van der Waals surface area contributed by atoms with Crippen molar-refractivity contribution in [3.8, 4) is 16.9 Å². The summed E-state index contributed by atoms with van der Waals surface area (Å²) in [6.45, 7) is 8.80. The van der Waals surface area contributed by atoms with Crippen molar-refractivity contribution in [1.82, 2.24) is 15.7 Å². The molecule has 10 nitrogen and oxygen atoms in total. The first-order valence-corrected chi connectivity index (χ1v) is 20.7. The number of aliphatic hydroxyl groups excluding tert-OH is 2. The van der Waals surface area contributed by atoms with Crippen molar-refractivity contribution in [2.45, 2.75) is 77.3 Å². The molecule has 4 aliphatic rings. The summed E-state index contributed by atoms with van der Waals surface area (Å²) >= 11 is 0. The van der Waals surface area contributed by atoms with Crippen LogP contribution in [0.3, 0.4) is 0 Å². The number of hydroxylamine groups is 2. The molecule has 58 heavy (non-hydrogen) atoms.